The first kappa shape index (κ1) is 16.4. The molecule has 0 radical (unpaired) electrons. The second-order valence-electron chi connectivity index (χ2n) is 4.40. The normalized spacial score (nSPS) is 21.5. The number of hydrogen-bond acceptors (Lipinski definition) is 4. The standard InChI is InChI=1S/C9H8O2.C6H12O3/c10-9(11)7-6-8-4-2-1-3-5-8;7-3-5-1-2-6(4-8)9-5/h1-7H,(H,10,11);5-8H,1-4H2/b7-6+;. The van der Waals surface area contributed by atoms with Crippen molar-refractivity contribution in [1.29, 1.82) is 0 Å². The highest BCUT2D eigenvalue weighted by Gasteiger charge is 2.23. The van der Waals surface area contributed by atoms with Crippen molar-refractivity contribution in [3.05, 3.63) is 42.0 Å². The molecule has 2 rings (SSSR count). The third kappa shape index (κ3) is 6.47. The van der Waals surface area contributed by atoms with Crippen molar-refractivity contribution < 1.29 is 24.9 Å². The van der Waals surface area contributed by atoms with Crippen LogP contribution in [0.1, 0.15) is 18.4 Å². The number of aliphatic carboxylic acids is 1. The molecule has 5 heteroatoms. The molecule has 0 amide bonds. The number of carboxylic acids is 1. The Bertz CT molecular complexity index is 406. The Morgan fingerprint density at radius 2 is 1.70 bits per heavy atom. The minimum absolute atomic E-state index is 0.0258. The smallest absolute Gasteiger partial charge is 0.328 e. The van der Waals surface area contributed by atoms with Gasteiger partial charge in [0.15, 0.2) is 0 Å². The summed E-state index contributed by atoms with van der Waals surface area (Å²) < 4.78 is 5.16. The lowest BCUT2D eigenvalue weighted by Gasteiger charge is -2.07. The van der Waals surface area contributed by atoms with E-state index >= 15 is 0 Å². The SMILES string of the molecule is O=C(O)/C=C/c1ccccc1.OCC1CCC(CO)O1. The van der Waals surface area contributed by atoms with Crippen LogP contribution in [0, 0.1) is 0 Å². The fraction of sp³-hybridized carbons (Fsp3) is 0.400. The molecule has 1 fully saturated rings. The first-order chi connectivity index (χ1) is 9.65. The molecule has 20 heavy (non-hydrogen) atoms. The van der Waals surface area contributed by atoms with E-state index in [0.29, 0.717) is 0 Å². The van der Waals surface area contributed by atoms with Gasteiger partial charge < -0.3 is 20.1 Å². The fourth-order valence-electron chi connectivity index (χ4n) is 1.78. The van der Waals surface area contributed by atoms with E-state index in [2.05, 4.69) is 0 Å². The number of aliphatic hydroxyl groups is 2. The minimum Gasteiger partial charge on any atom is -0.478 e. The van der Waals surface area contributed by atoms with Crippen LogP contribution in [-0.4, -0.2) is 46.7 Å². The summed E-state index contributed by atoms with van der Waals surface area (Å²) in [7, 11) is 0. The van der Waals surface area contributed by atoms with Gasteiger partial charge in [-0.05, 0) is 24.5 Å². The van der Waals surface area contributed by atoms with Gasteiger partial charge in [-0.25, -0.2) is 4.79 Å². The summed E-state index contributed by atoms with van der Waals surface area (Å²) in [6.45, 7) is 0.160. The highest BCUT2D eigenvalue weighted by molar-refractivity contribution is 5.85. The zero-order chi connectivity index (χ0) is 14.8. The lowest BCUT2D eigenvalue weighted by Crippen LogP contribution is -2.16. The Labute approximate surface area is 118 Å². The molecule has 0 bridgehead atoms. The number of benzene rings is 1. The van der Waals surface area contributed by atoms with Crippen molar-refractivity contribution in [2.75, 3.05) is 13.2 Å². The van der Waals surface area contributed by atoms with Gasteiger partial charge in [0, 0.05) is 6.08 Å². The predicted molar refractivity (Wildman–Crippen MR) is 75.2 cm³/mol. The van der Waals surface area contributed by atoms with Crippen LogP contribution in [-0.2, 0) is 9.53 Å². The van der Waals surface area contributed by atoms with Crippen molar-refractivity contribution in [2.24, 2.45) is 0 Å². The lowest BCUT2D eigenvalue weighted by molar-refractivity contribution is -0.131. The summed E-state index contributed by atoms with van der Waals surface area (Å²) in [5.74, 6) is -0.922. The van der Waals surface area contributed by atoms with E-state index in [4.69, 9.17) is 20.1 Å². The number of hydrogen-bond donors (Lipinski definition) is 3. The van der Waals surface area contributed by atoms with Gasteiger partial charge in [-0.3, -0.25) is 0 Å². The Hall–Kier alpha value is -1.69. The molecule has 0 aromatic heterocycles. The number of carboxylic acid groups (broad SMARTS) is 1. The molecular formula is C15H20O5. The lowest BCUT2D eigenvalue weighted by atomic mass is 10.2. The Kier molecular flexibility index (Phi) is 7.57. The van der Waals surface area contributed by atoms with Crippen LogP contribution in [0.4, 0.5) is 0 Å². The maximum Gasteiger partial charge on any atom is 0.328 e. The summed E-state index contributed by atoms with van der Waals surface area (Å²) in [5, 5.41) is 25.4. The second kappa shape index (κ2) is 9.25. The molecule has 0 aliphatic carbocycles. The summed E-state index contributed by atoms with van der Waals surface area (Å²) >= 11 is 0. The van der Waals surface area contributed by atoms with Crippen molar-refractivity contribution in [1.82, 2.24) is 0 Å². The van der Waals surface area contributed by atoms with Crippen molar-refractivity contribution >= 4 is 12.0 Å². The summed E-state index contributed by atoms with van der Waals surface area (Å²) in [6.07, 6.45) is 4.38. The molecule has 1 aliphatic heterocycles. The van der Waals surface area contributed by atoms with Crippen molar-refractivity contribution in [3.8, 4) is 0 Å². The van der Waals surface area contributed by atoms with E-state index in [1.807, 2.05) is 30.3 Å². The zero-order valence-corrected chi connectivity index (χ0v) is 11.2. The average Bonchev–Trinajstić information content (AvgIpc) is 2.95. The van der Waals surface area contributed by atoms with Crippen LogP contribution in [0.15, 0.2) is 36.4 Å². The van der Waals surface area contributed by atoms with Crippen LogP contribution >= 0.6 is 0 Å². The fourth-order valence-corrected chi connectivity index (χ4v) is 1.78. The minimum atomic E-state index is -0.922. The second-order valence-corrected chi connectivity index (χ2v) is 4.40. The van der Waals surface area contributed by atoms with Crippen LogP contribution in [0.2, 0.25) is 0 Å². The number of rotatable bonds is 4. The van der Waals surface area contributed by atoms with Gasteiger partial charge in [-0.2, -0.15) is 0 Å². The van der Waals surface area contributed by atoms with E-state index in [-0.39, 0.29) is 25.4 Å². The molecule has 110 valence electrons. The molecule has 3 N–H and O–H groups in total. The molecule has 0 saturated carbocycles. The third-order valence-corrected chi connectivity index (χ3v) is 2.82. The largest absolute Gasteiger partial charge is 0.478 e. The number of ether oxygens (including phenoxy) is 1. The van der Waals surface area contributed by atoms with Crippen LogP contribution < -0.4 is 0 Å². The van der Waals surface area contributed by atoms with Gasteiger partial charge in [-0.1, -0.05) is 30.3 Å². The maximum atomic E-state index is 10.1. The molecule has 1 aliphatic rings. The van der Waals surface area contributed by atoms with Gasteiger partial charge in [0.25, 0.3) is 0 Å². The van der Waals surface area contributed by atoms with Crippen molar-refractivity contribution in [2.45, 2.75) is 25.0 Å². The predicted octanol–water partition coefficient (Wildman–Crippen LogP) is 1.30. The first-order valence-electron chi connectivity index (χ1n) is 6.49. The Morgan fingerprint density at radius 3 is 2.10 bits per heavy atom. The van der Waals surface area contributed by atoms with Crippen LogP contribution in [0.5, 0.6) is 0 Å². The molecule has 1 aromatic rings. The number of aliphatic hydroxyl groups excluding tert-OH is 2. The molecule has 2 unspecified atom stereocenters. The quantitative estimate of drug-likeness (QED) is 0.724. The molecule has 1 aromatic carbocycles. The van der Waals surface area contributed by atoms with E-state index in [1.165, 1.54) is 0 Å². The van der Waals surface area contributed by atoms with E-state index < -0.39 is 5.97 Å². The van der Waals surface area contributed by atoms with E-state index in [1.54, 1.807) is 6.08 Å². The van der Waals surface area contributed by atoms with Gasteiger partial charge in [0.1, 0.15) is 0 Å². The van der Waals surface area contributed by atoms with Gasteiger partial charge in [0.2, 0.25) is 0 Å². The molecule has 0 spiro atoms. The molecular weight excluding hydrogens is 260 g/mol. The highest BCUT2D eigenvalue weighted by Crippen LogP contribution is 2.18. The third-order valence-electron chi connectivity index (χ3n) is 2.82. The summed E-state index contributed by atoms with van der Waals surface area (Å²) in [5.41, 5.74) is 0.898. The van der Waals surface area contributed by atoms with Crippen LogP contribution in [0.25, 0.3) is 6.08 Å². The topological polar surface area (TPSA) is 87.0 Å². The molecule has 1 heterocycles. The number of carbonyl (C=O) groups is 1. The highest BCUT2D eigenvalue weighted by atomic mass is 16.5. The Morgan fingerprint density at radius 1 is 1.15 bits per heavy atom. The van der Waals surface area contributed by atoms with E-state index in [9.17, 15) is 4.79 Å². The molecule has 5 nitrogen and oxygen atoms in total. The van der Waals surface area contributed by atoms with Crippen LogP contribution in [0.3, 0.4) is 0 Å². The maximum absolute atomic E-state index is 10.1. The molecule has 1 saturated heterocycles. The van der Waals surface area contributed by atoms with Gasteiger partial charge >= 0.3 is 5.97 Å². The summed E-state index contributed by atoms with van der Waals surface area (Å²) in [4.78, 5) is 10.1. The first-order valence-corrected chi connectivity index (χ1v) is 6.49. The zero-order valence-electron chi connectivity index (χ0n) is 11.2. The van der Waals surface area contributed by atoms with Crippen molar-refractivity contribution in [3.63, 3.8) is 0 Å². The summed E-state index contributed by atoms with van der Waals surface area (Å²) in [6, 6.07) is 9.31. The molecule has 2 atom stereocenters. The Balaban J connectivity index is 0.000000204. The monoisotopic (exact) mass is 280 g/mol. The van der Waals surface area contributed by atoms with E-state index in [0.717, 1.165) is 24.5 Å². The average molecular weight is 280 g/mol. The van der Waals surface area contributed by atoms with Gasteiger partial charge in [-0.15, -0.1) is 0 Å². The van der Waals surface area contributed by atoms with Gasteiger partial charge in [0.05, 0.1) is 25.4 Å².